The van der Waals surface area contributed by atoms with Gasteiger partial charge in [0.2, 0.25) is 5.91 Å². The summed E-state index contributed by atoms with van der Waals surface area (Å²) in [6.07, 6.45) is 1.58. The minimum atomic E-state index is -0.209. The van der Waals surface area contributed by atoms with E-state index in [0.717, 1.165) is 17.7 Å². The van der Waals surface area contributed by atoms with Crippen molar-refractivity contribution in [2.75, 3.05) is 13.2 Å². The molecule has 6 nitrogen and oxygen atoms in total. The summed E-state index contributed by atoms with van der Waals surface area (Å²) < 4.78 is 5.60. The Kier molecular flexibility index (Phi) is 3.85. The zero-order chi connectivity index (χ0) is 14.7. The molecule has 0 bridgehead atoms. The Morgan fingerprint density at radius 3 is 3.05 bits per heavy atom. The lowest BCUT2D eigenvalue weighted by molar-refractivity contribution is -0.121. The van der Waals surface area contributed by atoms with Gasteiger partial charge in [0.05, 0.1) is 6.61 Å². The van der Waals surface area contributed by atoms with E-state index in [0.29, 0.717) is 31.7 Å². The van der Waals surface area contributed by atoms with Crippen LogP contribution in [0.4, 0.5) is 0 Å². The topological polar surface area (TPSA) is 79.8 Å². The summed E-state index contributed by atoms with van der Waals surface area (Å²) in [5.41, 5.74) is 3.85. The third-order valence-corrected chi connectivity index (χ3v) is 3.76. The van der Waals surface area contributed by atoms with E-state index in [1.807, 2.05) is 24.3 Å². The number of nitrogens with one attached hydrogen (secondary N) is 2. The molecule has 110 valence electrons. The fourth-order valence-corrected chi connectivity index (χ4v) is 2.58. The van der Waals surface area contributed by atoms with Crippen LogP contribution in [-0.4, -0.2) is 30.7 Å². The standard InChI is InChI=1S/C15H17N3O3/c19-14-6-5-12(17-18-14)15(20)16-9-10-7-8-21-13-4-2-1-3-11(10)13/h1-4,10H,5-9H2,(H,16,20)(H,18,19). The molecule has 6 heteroatoms. The second kappa shape index (κ2) is 5.95. The van der Waals surface area contributed by atoms with E-state index in [2.05, 4.69) is 15.8 Å². The zero-order valence-electron chi connectivity index (χ0n) is 11.6. The van der Waals surface area contributed by atoms with Gasteiger partial charge >= 0.3 is 0 Å². The van der Waals surface area contributed by atoms with Gasteiger partial charge in [-0.2, -0.15) is 5.10 Å². The van der Waals surface area contributed by atoms with Gasteiger partial charge in [-0.3, -0.25) is 9.59 Å². The number of rotatable bonds is 3. The Morgan fingerprint density at radius 1 is 1.38 bits per heavy atom. The lowest BCUT2D eigenvalue weighted by Gasteiger charge is -2.26. The number of carbonyl (C=O) groups excluding carboxylic acids is 2. The largest absolute Gasteiger partial charge is 0.493 e. The number of amides is 2. The minimum absolute atomic E-state index is 0.148. The van der Waals surface area contributed by atoms with Crippen molar-refractivity contribution in [3.63, 3.8) is 0 Å². The lowest BCUT2D eigenvalue weighted by Crippen LogP contribution is -2.39. The van der Waals surface area contributed by atoms with Gasteiger partial charge in [-0.05, 0) is 18.1 Å². The van der Waals surface area contributed by atoms with E-state index in [-0.39, 0.29) is 17.7 Å². The number of fused-ring (bicyclic) bond motifs is 1. The SMILES string of the molecule is O=C1CCC(C(=O)NCC2CCOc3ccccc32)=NN1. The molecule has 2 N–H and O–H groups in total. The molecule has 0 spiro atoms. The molecule has 0 aromatic heterocycles. The van der Waals surface area contributed by atoms with Crippen LogP contribution in [0.15, 0.2) is 29.4 Å². The highest BCUT2D eigenvalue weighted by Gasteiger charge is 2.23. The predicted molar refractivity (Wildman–Crippen MR) is 77.1 cm³/mol. The summed E-state index contributed by atoms with van der Waals surface area (Å²) in [5, 5.41) is 6.70. The van der Waals surface area contributed by atoms with Gasteiger partial charge in [0.15, 0.2) is 0 Å². The van der Waals surface area contributed by atoms with Gasteiger partial charge in [-0.15, -0.1) is 0 Å². The zero-order valence-corrected chi connectivity index (χ0v) is 11.6. The predicted octanol–water partition coefficient (Wildman–Crippen LogP) is 0.935. The first-order valence-electron chi connectivity index (χ1n) is 7.09. The average molecular weight is 287 g/mol. The number of para-hydroxylation sites is 1. The molecule has 0 radical (unpaired) electrons. The number of hydrazone groups is 1. The third kappa shape index (κ3) is 3.04. The van der Waals surface area contributed by atoms with Crippen molar-refractivity contribution < 1.29 is 14.3 Å². The van der Waals surface area contributed by atoms with Crippen molar-refractivity contribution in [2.45, 2.75) is 25.2 Å². The van der Waals surface area contributed by atoms with Crippen LogP contribution in [0, 0.1) is 0 Å². The molecule has 2 heterocycles. The molecule has 1 unspecified atom stereocenters. The van der Waals surface area contributed by atoms with Crippen LogP contribution in [0.3, 0.4) is 0 Å². The summed E-state index contributed by atoms with van der Waals surface area (Å²) in [4.78, 5) is 23.0. The normalized spacial score (nSPS) is 20.7. The number of benzene rings is 1. The van der Waals surface area contributed by atoms with Crippen LogP contribution in [0.2, 0.25) is 0 Å². The number of nitrogens with zero attached hydrogens (tertiary/aromatic N) is 1. The molecule has 0 saturated carbocycles. The van der Waals surface area contributed by atoms with Crippen LogP contribution in [0.1, 0.15) is 30.7 Å². The summed E-state index contributed by atoms with van der Waals surface area (Å²) in [6, 6.07) is 7.90. The van der Waals surface area contributed by atoms with Crippen molar-refractivity contribution in [1.82, 2.24) is 10.7 Å². The molecule has 2 aliphatic rings. The second-order valence-corrected chi connectivity index (χ2v) is 5.18. The van der Waals surface area contributed by atoms with Crippen LogP contribution in [0.5, 0.6) is 5.75 Å². The summed E-state index contributed by atoms with van der Waals surface area (Å²) in [5.74, 6) is 0.784. The minimum Gasteiger partial charge on any atom is -0.493 e. The molecule has 0 aliphatic carbocycles. The summed E-state index contributed by atoms with van der Waals surface area (Å²) in [6.45, 7) is 1.21. The monoisotopic (exact) mass is 287 g/mol. The van der Waals surface area contributed by atoms with Crippen molar-refractivity contribution >= 4 is 17.5 Å². The van der Waals surface area contributed by atoms with Crippen molar-refractivity contribution in [3.05, 3.63) is 29.8 Å². The highest BCUT2D eigenvalue weighted by molar-refractivity contribution is 6.39. The molecule has 21 heavy (non-hydrogen) atoms. The third-order valence-electron chi connectivity index (χ3n) is 3.76. The molecule has 3 rings (SSSR count). The molecular weight excluding hydrogens is 270 g/mol. The van der Waals surface area contributed by atoms with Crippen molar-refractivity contribution in [3.8, 4) is 5.75 Å². The molecule has 2 aliphatic heterocycles. The van der Waals surface area contributed by atoms with Crippen molar-refractivity contribution in [2.24, 2.45) is 5.10 Å². The average Bonchev–Trinajstić information content (AvgIpc) is 2.53. The molecule has 1 atom stereocenters. The first kappa shape index (κ1) is 13.6. The van der Waals surface area contributed by atoms with Gasteiger partial charge < -0.3 is 10.1 Å². The molecule has 1 aromatic carbocycles. The van der Waals surface area contributed by atoms with Gasteiger partial charge in [-0.1, -0.05) is 18.2 Å². The summed E-state index contributed by atoms with van der Waals surface area (Å²) >= 11 is 0. The molecule has 0 saturated heterocycles. The maximum atomic E-state index is 12.0. The summed E-state index contributed by atoms with van der Waals surface area (Å²) in [7, 11) is 0. The Bertz CT molecular complexity index is 598. The van der Waals surface area contributed by atoms with Gasteiger partial charge in [-0.25, -0.2) is 5.43 Å². The molecule has 1 aromatic rings. The first-order valence-corrected chi connectivity index (χ1v) is 7.09. The fourth-order valence-electron chi connectivity index (χ4n) is 2.58. The lowest BCUT2D eigenvalue weighted by atomic mass is 9.93. The Labute approximate surface area is 122 Å². The van der Waals surface area contributed by atoms with Crippen LogP contribution < -0.4 is 15.5 Å². The van der Waals surface area contributed by atoms with E-state index in [1.54, 1.807) is 0 Å². The van der Waals surface area contributed by atoms with Crippen LogP contribution in [-0.2, 0) is 9.59 Å². The maximum Gasteiger partial charge on any atom is 0.267 e. The Morgan fingerprint density at radius 2 is 2.24 bits per heavy atom. The van der Waals surface area contributed by atoms with E-state index in [1.165, 1.54) is 0 Å². The molecule has 2 amide bonds. The highest BCUT2D eigenvalue weighted by atomic mass is 16.5. The molecule has 0 fully saturated rings. The number of ether oxygens (including phenoxy) is 1. The van der Waals surface area contributed by atoms with E-state index < -0.39 is 0 Å². The first-order chi connectivity index (χ1) is 10.2. The fraction of sp³-hybridized carbons (Fsp3) is 0.400. The van der Waals surface area contributed by atoms with Crippen LogP contribution in [0.25, 0.3) is 0 Å². The molecular formula is C15H17N3O3. The smallest absolute Gasteiger partial charge is 0.267 e. The van der Waals surface area contributed by atoms with Gasteiger partial charge in [0, 0.05) is 25.3 Å². The van der Waals surface area contributed by atoms with E-state index in [9.17, 15) is 9.59 Å². The maximum absolute atomic E-state index is 12.0. The second-order valence-electron chi connectivity index (χ2n) is 5.18. The number of carbonyl (C=O) groups is 2. The van der Waals surface area contributed by atoms with Gasteiger partial charge in [0.1, 0.15) is 11.5 Å². The quantitative estimate of drug-likeness (QED) is 0.868. The van der Waals surface area contributed by atoms with Gasteiger partial charge in [0.25, 0.3) is 5.91 Å². The number of hydrogen-bond acceptors (Lipinski definition) is 4. The Balaban J connectivity index is 1.61. The van der Waals surface area contributed by atoms with Crippen molar-refractivity contribution in [1.29, 1.82) is 0 Å². The van der Waals surface area contributed by atoms with E-state index >= 15 is 0 Å². The number of hydrogen-bond donors (Lipinski definition) is 2. The highest BCUT2D eigenvalue weighted by Crippen LogP contribution is 2.32. The van der Waals surface area contributed by atoms with Crippen LogP contribution >= 0.6 is 0 Å². The van der Waals surface area contributed by atoms with E-state index in [4.69, 9.17) is 4.74 Å². The Hall–Kier alpha value is -2.37.